The quantitative estimate of drug-likeness (QED) is 0.642. The molecule has 0 N–H and O–H groups in total. The number of fused-ring (bicyclic) bond motifs is 1. The first-order valence-electron chi connectivity index (χ1n) is 10.2. The van der Waals surface area contributed by atoms with E-state index < -0.39 is 5.60 Å². The standard InChI is InChI=1S/C22H27N5O3/c1-22(2,3)30-21(28)26-11-9-17(15-26)20-25-24-18-13-23-14-19(27(18)20)29-12-10-16-7-5-4-6-8-16/h4-8,13-14,17H,9-12,15H2,1-3H3. The molecular formula is C22H27N5O3. The van der Waals surface area contributed by atoms with Gasteiger partial charge in [-0.25, -0.2) is 9.20 Å². The summed E-state index contributed by atoms with van der Waals surface area (Å²) in [5.41, 5.74) is 1.34. The van der Waals surface area contributed by atoms with Crippen molar-refractivity contribution >= 4 is 11.7 Å². The van der Waals surface area contributed by atoms with Crippen LogP contribution in [0.1, 0.15) is 44.5 Å². The summed E-state index contributed by atoms with van der Waals surface area (Å²) in [6, 6.07) is 10.2. The molecule has 1 saturated heterocycles. The van der Waals surface area contributed by atoms with Crippen molar-refractivity contribution in [1.29, 1.82) is 0 Å². The van der Waals surface area contributed by atoms with Gasteiger partial charge in [-0.1, -0.05) is 30.3 Å². The zero-order valence-corrected chi connectivity index (χ0v) is 17.6. The third-order valence-electron chi connectivity index (χ3n) is 5.00. The molecule has 1 atom stereocenters. The van der Waals surface area contributed by atoms with E-state index in [2.05, 4.69) is 27.3 Å². The van der Waals surface area contributed by atoms with Crippen LogP contribution >= 0.6 is 0 Å². The maximum absolute atomic E-state index is 12.4. The van der Waals surface area contributed by atoms with Crippen LogP contribution in [0.2, 0.25) is 0 Å². The number of aromatic nitrogens is 4. The first kappa shape index (κ1) is 20.1. The van der Waals surface area contributed by atoms with Gasteiger partial charge in [-0.3, -0.25) is 4.98 Å². The summed E-state index contributed by atoms with van der Waals surface area (Å²) in [4.78, 5) is 18.4. The van der Waals surface area contributed by atoms with Gasteiger partial charge in [0.05, 0.1) is 19.0 Å². The van der Waals surface area contributed by atoms with Gasteiger partial charge in [-0.05, 0) is 32.8 Å². The average molecular weight is 409 g/mol. The van der Waals surface area contributed by atoms with Gasteiger partial charge in [0.2, 0.25) is 5.88 Å². The van der Waals surface area contributed by atoms with Gasteiger partial charge in [0.15, 0.2) is 5.65 Å². The monoisotopic (exact) mass is 409 g/mol. The highest BCUT2D eigenvalue weighted by atomic mass is 16.6. The molecule has 0 radical (unpaired) electrons. The fourth-order valence-corrected chi connectivity index (χ4v) is 3.59. The molecule has 4 rings (SSSR count). The van der Waals surface area contributed by atoms with Crippen molar-refractivity contribution in [3.05, 3.63) is 54.1 Å². The fraction of sp³-hybridized carbons (Fsp3) is 0.455. The van der Waals surface area contributed by atoms with Crippen LogP contribution in [0.5, 0.6) is 5.88 Å². The Labute approximate surface area is 175 Å². The van der Waals surface area contributed by atoms with Gasteiger partial charge in [-0.15, -0.1) is 10.2 Å². The molecule has 1 fully saturated rings. The number of hydrogen-bond acceptors (Lipinski definition) is 6. The highest BCUT2D eigenvalue weighted by Crippen LogP contribution is 2.29. The van der Waals surface area contributed by atoms with Crippen molar-refractivity contribution in [3.63, 3.8) is 0 Å². The topological polar surface area (TPSA) is 81.9 Å². The number of benzene rings is 1. The number of carbonyl (C=O) groups excluding carboxylic acids is 1. The number of amides is 1. The highest BCUT2D eigenvalue weighted by Gasteiger charge is 2.33. The molecule has 8 nitrogen and oxygen atoms in total. The van der Waals surface area contributed by atoms with Gasteiger partial charge in [0.1, 0.15) is 11.4 Å². The second-order valence-electron chi connectivity index (χ2n) is 8.49. The Morgan fingerprint density at radius 2 is 1.97 bits per heavy atom. The Morgan fingerprint density at radius 1 is 1.17 bits per heavy atom. The van der Waals surface area contributed by atoms with Crippen LogP contribution < -0.4 is 4.74 Å². The predicted octanol–water partition coefficient (Wildman–Crippen LogP) is 3.47. The minimum Gasteiger partial charge on any atom is -0.477 e. The Bertz CT molecular complexity index is 1010. The predicted molar refractivity (Wildman–Crippen MR) is 112 cm³/mol. The molecule has 1 aromatic carbocycles. The lowest BCUT2D eigenvalue weighted by molar-refractivity contribution is 0.0292. The summed E-state index contributed by atoms with van der Waals surface area (Å²) in [7, 11) is 0. The molecule has 1 aliphatic heterocycles. The maximum Gasteiger partial charge on any atom is 0.410 e. The van der Waals surface area contributed by atoms with E-state index in [9.17, 15) is 4.79 Å². The van der Waals surface area contributed by atoms with Gasteiger partial charge < -0.3 is 14.4 Å². The van der Waals surface area contributed by atoms with Crippen LogP contribution in [0.4, 0.5) is 4.79 Å². The molecule has 0 saturated carbocycles. The molecule has 30 heavy (non-hydrogen) atoms. The van der Waals surface area contributed by atoms with Crippen molar-refractivity contribution in [1.82, 2.24) is 24.5 Å². The van der Waals surface area contributed by atoms with Crippen molar-refractivity contribution in [2.24, 2.45) is 0 Å². The SMILES string of the molecule is CC(C)(C)OC(=O)N1CCC(c2nnc3cncc(OCCc4ccccc4)n23)C1. The molecule has 0 bridgehead atoms. The average Bonchev–Trinajstić information content (AvgIpc) is 3.35. The lowest BCUT2D eigenvalue weighted by Crippen LogP contribution is -2.35. The number of nitrogens with zero attached hydrogens (tertiary/aromatic N) is 5. The molecule has 1 aliphatic rings. The van der Waals surface area contributed by atoms with E-state index in [1.165, 1.54) is 5.56 Å². The van der Waals surface area contributed by atoms with Crippen molar-refractivity contribution < 1.29 is 14.3 Å². The summed E-state index contributed by atoms with van der Waals surface area (Å²) in [5, 5.41) is 8.64. The van der Waals surface area contributed by atoms with Gasteiger partial charge >= 0.3 is 6.09 Å². The number of ether oxygens (including phenoxy) is 2. The van der Waals surface area contributed by atoms with Crippen LogP contribution in [-0.4, -0.2) is 55.9 Å². The van der Waals surface area contributed by atoms with Gasteiger partial charge in [-0.2, -0.15) is 0 Å². The van der Waals surface area contributed by atoms with Crippen LogP contribution in [0.25, 0.3) is 5.65 Å². The lowest BCUT2D eigenvalue weighted by atomic mass is 10.1. The molecule has 3 aromatic rings. The third kappa shape index (κ3) is 4.53. The summed E-state index contributed by atoms with van der Waals surface area (Å²) < 4.78 is 13.4. The number of carbonyl (C=O) groups is 1. The van der Waals surface area contributed by atoms with Crippen LogP contribution in [-0.2, 0) is 11.2 Å². The normalized spacial score (nSPS) is 16.8. The van der Waals surface area contributed by atoms with E-state index in [0.29, 0.717) is 31.2 Å². The Balaban J connectivity index is 1.48. The lowest BCUT2D eigenvalue weighted by Gasteiger charge is -2.24. The molecule has 158 valence electrons. The third-order valence-corrected chi connectivity index (χ3v) is 5.00. The fourth-order valence-electron chi connectivity index (χ4n) is 3.59. The van der Waals surface area contributed by atoms with E-state index in [4.69, 9.17) is 9.47 Å². The minimum atomic E-state index is -0.512. The molecule has 2 aromatic heterocycles. The molecular weight excluding hydrogens is 382 g/mol. The van der Waals surface area contributed by atoms with Gasteiger partial charge in [0, 0.05) is 25.4 Å². The van der Waals surface area contributed by atoms with Crippen molar-refractivity contribution in [2.45, 2.75) is 45.1 Å². The van der Waals surface area contributed by atoms with E-state index in [1.54, 1.807) is 17.3 Å². The summed E-state index contributed by atoms with van der Waals surface area (Å²) in [5.74, 6) is 1.46. The second-order valence-corrected chi connectivity index (χ2v) is 8.49. The van der Waals surface area contributed by atoms with Gasteiger partial charge in [0.25, 0.3) is 0 Å². The Hall–Kier alpha value is -3.16. The molecule has 8 heteroatoms. The summed E-state index contributed by atoms with van der Waals surface area (Å²) in [6.45, 7) is 7.31. The van der Waals surface area contributed by atoms with Crippen molar-refractivity contribution in [2.75, 3.05) is 19.7 Å². The van der Waals surface area contributed by atoms with Crippen molar-refractivity contribution in [3.8, 4) is 5.88 Å². The highest BCUT2D eigenvalue weighted by molar-refractivity contribution is 5.68. The van der Waals surface area contributed by atoms with E-state index in [-0.39, 0.29) is 12.0 Å². The number of likely N-dealkylation sites (tertiary alicyclic amines) is 1. The zero-order valence-electron chi connectivity index (χ0n) is 17.6. The first-order chi connectivity index (χ1) is 14.4. The second kappa shape index (κ2) is 8.30. The summed E-state index contributed by atoms with van der Waals surface area (Å²) in [6.07, 6.45) is 4.66. The number of rotatable bonds is 5. The summed E-state index contributed by atoms with van der Waals surface area (Å²) >= 11 is 0. The minimum absolute atomic E-state index is 0.0615. The molecule has 0 spiro atoms. The zero-order chi connectivity index (χ0) is 21.1. The smallest absolute Gasteiger partial charge is 0.410 e. The molecule has 1 amide bonds. The maximum atomic E-state index is 12.4. The first-order valence-corrected chi connectivity index (χ1v) is 10.2. The van der Waals surface area contributed by atoms with E-state index >= 15 is 0 Å². The van der Waals surface area contributed by atoms with Crippen LogP contribution in [0, 0.1) is 0 Å². The number of hydrogen-bond donors (Lipinski definition) is 0. The Kier molecular flexibility index (Phi) is 5.57. The molecule has 1 unspecified atom stereocenters. The largest absolute Gasteiger partial charge is 0.477 e. The van der Waals surface area contributed by atoms with Crippen LogP contribution in [0.15, 0.2) is 42.7 Å². The van der Waals surface area contributed by atoms with E-state index in [0.717, 1.165) is 18.7 Å². The molecule has 0 aliphatic carbocycles. The Morgan fingerprint density at radius 3 is 2.73 bits per heavy atom. The van der Waals surface area contributed by atoms with E-state index in [1.807, 2.05) is 43.4 Å². The van der Waals surface area contributed by atoms with Crippen LogP contribution in [0.3, 0.4) is 0 Å². The molecule has 3 heterocycles.